The molecule has 0 unspecified atom stereocenters. The molecule has 0 aromatic carbocycles. The Morgan fingerprint density at radius 3 is 1.94 bits per heavy atom. The van der Waals surface area contributed by atoms with Gasteiger partial charge in [-0.1, -0.05) is 26.5 Å². The number of hydrogen-bond donors (Lipinski definition) is 3. The Bertz CT molecular complexity index is 240. The van der Waals surface area contributed by atoms with Crippen LogP contribution in [0, 0.1) is 0 Å². The maximum Gasteiger partial charge on any atom is 0.243 e. The molecule has 0 radical (unpaired) electrons. The lowest BCUT2D eigenvalue weighted by Crippen LogP contribution is -2.23. The summed E-state index contributed by atoms with van der Waals surface area (Å²) in [6.45, 7) is 9.66. The molecule has 0 saturated carbocycles. The van der Waals surface area contributed by atoms with Gasteiger partial charge in [0, 0.05) is 13.1 Å². The molecule has 98 valence electrons. The predicted octanol–water partition coefficient (Wildman–Crippen LogP) is 0.370. The zero-order chi connectivity index (χ0) is 13.5. The van der Waals surface area contributed by atoms with Gasteiger partial charge in [-0.05, 0) is 18.6 Å². The van der Waals surface area contributed by atoms with Crippen molar-refractivity contribution in [3.63, 3.8) is 0 Å². The maximum absolute atomic E-state index is 10.5. The van der Waals surface area contributed by atoms with Crippen LogP contribution in [-0.4, -0.2) is 36.6 Å². The van der Waals surface area contributed by atoms with Gasteiger partial charge in [-0.15, -0.1) is 0 Å². The van der Waals surface area contributed by atoms with Gasteiger partial charge >= 0.3 is 0 Å². The van der Waals surface area contributed by atoms with Crippen molar-refractivity contribution in [1.82, 2.24) is 10.6 Å². The van der Waals surface area contributed by atoms with E-state index < -0.39 is 0 Å². The van der Waals surface area contributed by atoms with Crippen molar-refractivity contribution in [1.29, 1.82) is 0 Å². The zero-order valence-corrected chi connectivity index (χ0v) is 10.4. The number of aliphatic hydroxyl groups excluding tert-OH is 1. The summed E-state index contributed by atoms with van der Waals surface area (Å²) in [4.78, 5) is 20.7. The first-order chi connectivity index (χ1) is 8.12. The second-order valence-corrected chi connectivity index (χ2v) is 3.07. The highest BCUT2D eigenvalue weighted by molar-refractivity contribution is 5.87. The molecule has 0 aromatic heterocycles. The van der Waals surface area contributed by atoms with E-state index in [0.717, 1.165) is 25.5 Å². The van der Waals surface area contributed by atoms with E-state index in [4.69, 9.17) is 5.11 Å². The highest BCUT2D eigenvalue weighted by atomic mass is 16.3. The molecule has 17 heavy (non-hydrogen) atoms. The Morgan fingerprint density at radius 2 is 1.59 bits per heavy atom. The van der Waals surface area contributed by atoms with Gasteiger partial charge in [0.05, 0.1) is 6.61 Å². The average molecular weight is 242 g/mol. The molecule has 3 N–H and O–H groups in total. The standard InChI is InChI=1S/C7H13NO.C5H9NO2/c1-3-5-6-8-7(9)4-2;1-2-5(8)6-3-4-7/h4H,2-3,5-6H2,1H3,(H,8,9);2,7H,1,3-4H2,(H,6,8). The van der Waals surface area contributed by atoms with E-state index in [9.17, 15) is 9.59 Å². The molecular weight excluding hydrogens is 220 g/mol. The van der Waals surface area contributed by atoms with Crippen LogP contribution in [0.2, 0.25) is 0 Å². The van der Waals surface area contributed by atoms with Gasteiger partial charge in [-0.2, -0.15) is 0 Å². The van der Waals surface area contributed by atoms with Gasteiger partial charge in [0.2, 0.25) is 11.8 Å². The van der Waals surface area contributed by atoms with Crippen LogP contribution in [0.1, 0.15) is 19.8 Å². The lowest BCUT2D eigenvalue weighted by atomic mass is 10.3. The van der Waals surface area contributed by atoms with Crippen molar-refractivity contribution in [2.45, 2.75) is 19.8 Å². The summed E-state index contributed by atoms with van der Waals surface area (Å²) in [7, 11) is 0. The normalized spacial score (nSPS) is 8.35. The summed E-state index contributed by atoms with van der Waals surface area (Å²) in [5, 5.41) is 13.2. The first-order valence-electron chi connectivity index (χ1n) is 5.53. The fraction of sp³-hybridized carbons (Fsp3) is 0.500. The molecule has 0 heterocycles. The molecule has 0 rings (SSSR count). The molecule has 0 aliphatic carbocycles. The zero-order valence-electron chi connectivity index (χ0n) is 10.4. The van der Waals surface area contributed by atoms with Crippen LogP contribution in [0.25, 0.3) is 0 Å². The second-order valence-electron chi connectivity index (χ2n) is 3.07. The molecule has 0 atom stereocenters. The molecule has 0 aliphatic heterocycles. The Labute approximate surface area is 103 Å². The molecule has 0 aromatic rings. The average Bonchev–Trinajstić information content (AvgIpc) is 2.36. The van der Waals surface area contributed by atoms with E-state index in [1.807, 2.05) is 0 Å². The van der Waals surface area contributed by atoms with E-state index in [0.29, 0.717) is 6.54 Å². The lowest BCUT2D eigenvalue weighted by Gasteiger charge is -1.97. The van der Waals surface area contributed by atoms with E-state index >= 15 is 0 Å². The molecule has 5 heteroatoms. The van der Waals surface area contributed by atoms with Crippen molar-refractivity contribution in [2.24, 2.45) is 0 Å². The first kappa shape index (κ1) is 17.8. The van der Waals surface area contributed by atoms with Crippen molar-refractivity contribution in [2.75, 3.05) is 19.7 Å². The lowest BCUT2D eigenvalue weighted by molar-refractivity contribution is -0.117. The van der Waals surface area contributed by atoms with Gasteiger partial charge in [0.25, 0.3) is 0 Å². The number of carbonyl (C=O) groups excluding carboxylic acids is 2. The van der Waals surface area contributed by atoms with E-state index in [2.05, 4.69) is 30.7 Å². The molecule has 0 spiro atoms. The van der Waals surface area contributed by atoms with Crippen LogP contribution in [0.4, 0.5) is 0 Å². The topological polar surface area (TPSA) is 78.4 Å². The first-order valence-corrected chi connectivity index (χ1v) is 5.53. The fourth-order valence-electron chi connectivity index (χ4n) is 0.712. The Kier molecular flexibility index (Phi) is 15.0. The summed E-state index contributed by atoms with van der Waals surface area (Å²) >= 11 is 0. The number of unbranched alkanes of at least 4 members (excludes halogenated alkanes) is 1. The van der Waals surface area contributed by atoms with Crippen LogP contribution in [-0.2, 0) is 9.59 Å². The molecule has 0 bridgehead atoms. The quantitative estimate of drug-likeness (QED) is 0.446. The van der Waals surface area contributed by atoms with E-state index in [-0.39, 0.29) is 18.4 Å². The minimum Gasteiger partial charge on any atom is -0.395 e. The number of amides is 2. The summed E-state index contributed by atoms with van der Waals surface area (Å²) in [6, 6.07) is 0. The molecule has 5 nitrogen and oxygen atoms in total. The number of hydrogen-bond acceptors (Lipinski definition) is 3. The van der Waals surface area contributed by atoms with Crippen LogP contribution in [0.5, 0.6) is 0 Å². The van der Waals surface area contributed by atoms with Crippen molar-refractivity contribution >= 4 is 11.8 Å². The third kappa shape index (κ3) is 17.0. The molecule has 0 saturated heterocycles. The smallest absolute Gasteiger partial charge is 0.243 e. The van der Waals surface area contributed by atoms with Gasteiger partial charge in [0.1, 0.15) is 0 Å². The highest BCUT2D eigenvalue weighted by Gasteiger charge is 1.89. The van der Waals surface area contributed by atoms with Gasteiger partial charge in [-0.3, -0.25) is 9.59 Å². The number of rotatable bonds is 7. The Hall–Kier alpha value is -1.62. The SMILES string of the molecule is C=CC(=O)NCCCC.C=CC(=O)NCCO. The van der Waals surface area contributed by atoms with Crippen LogP contribution >= 0.6 is 0 Å². The van der Waals surface area contributed by atoms with Gasteiger partial charge < -0.3 is 15.7 Å². The summed E-state index contributed by atoms with van der Waals surface area (Å²) in [6.07, 6.45) is 4.60. The minimum atomic E-state index is -0.251. The summed E-state index contributed by atoms with van der Waals surface area (Å²) < 4.78 is 0. The predicted molar refractivity (Wildman–Crippen MR) is 68.4 cm³/mol. The number of aliphatic hydroxyl groups is 1. The molecule has 2 amide bonds. The Balaban J connectivity index is 0. The molecule has 0 aliphatic rings. The van der Waals surface area contributed by atoms with Gasteiger partial charge in [-0.25, -0.2) is 0 Å². The van der Waals surface area contributed by atoms with E-state index in [1.54, 1.807) is 0 Å². The van der Waals surface area contributed by atoms with Crippen LogP contribution in [0.3, 0.4) is 0 Å². The second kappa shape index (κ2) is 14.4. The minimum absolute atomic E-state index is 0.0282. The van der Waals surface area contributed by atoms with Crippen LogP contribution in [0.15, 0.2) is 25.3 Å². The van der Waals surface area contributed by atoms with Crippen LogP contribution < -0.4 is 10.6 Å². The molecular formula is C12H22N2O3. The number of carbonyl (C=O) groups is 2. The summed E-state index contributed by atoms with van der Waals surface area (Å²) in [5.41, 5.74) is 0. The fourth-order valence-corrected chi connectivity index (χ4v) is 0.712. The third-order valence-corrected chi connectivity index (χ3v) is 1.61. The Morgan fingerprint density at radius 1 is 1.12 bits per heavy atom. The van der Waals surface area contributed by atoms with Gasteiger partial charge in [0.15, 0.2) is 0 Å². The largest absolute Gasteiger partial charge is 0.395 e. The molecule has 0 fully saturated rings. The van der Waals surface area contributed by atoms with Crippen molar-refractivity contribution in [3.8, 4) is 0 Å². The maximum atomic E-state index is 10.5. The monoisotopic (exact) mass is 242 g/mol. The highest BCUT2D eigenvalue weighted by Crippen LogP contribution is 1.81. The van der Waals surface area contributed by atoms with Crippen molar-refractivity contribution < 1.29 is 14.7 Å². The van der Waals surface area contributed by atoms with E-state index in [1.165, 1.54) is 6.08 Å². The van der Waals surface area contributed by atoms with Crippen molar-refractivity contribution in [3.05, 3.63) is 25.3 Å². The summed E-state index contributed by atoms with van der Waals surface area (Å²) in [5.74, 6) is -0.331. The number of nitrogens with one attached hydrogen (secondary N) is 2. The third-order valence-electron chi connectivity index (χ3n) is 1.61.